The van der Waals surface area contributed by atoms with Crippen LogP contribution < -0.4 is 0 Å². The zero-order valence-corrected chi connectivity index (χ0v) is 13.9. The molecule has 4 saturated carbocycles. The summed E-state index contributed by atoms with van der Waals surface area (Å²) in [6.45, 7) is 2.09. The van der Waals surface area contributed by atoms with E-state index in [9.17, 15) is 4.79 Å². The Labute approximate surface area is 138 Å². The van der Waals surface area contributed by atoms with Crippen LogP contribution >= 0.6 is 0 Å². The Balaban J connectivity index is 1.31. The van der Waals surface area contributed by atoms with Crippen molar-refractivity contribution in [3.05, 3.63) is 47.5 Å². The van der Waals surface area contributed by atoms with Gasteiger partial charge in [0.2, 0.25) is 0 Å². The molecule has 0 spiro atoms. The van der Waals surface area contributed by atoms with Gasteiger partial charge in [0.15, 0.2) is 0 Å². The van der Waals surface area contributed by atoms with Crippen LogP contribution in [0.1, 0.15) is 43.2 Å². The summed E-state index contributed by atoms with van der Waals surface area (Å²) >= 11 is 0. The van der Waals surface area contributed by atoms with Crippen molar-refractivity contribution < 1.29 is 9.53 Å². The lowest BCUT2D eigenvalue weighted by Crippen LogP contribution is -2.49. The summed E-state index contributed by atoms with van der Waals surface area (Å²) in [5.74, 6) is 2.98. The molecule has 5 rings (SSSR count). The Morgan fingerprint density at radius 3 is 2.26 bits per heavy atom. The van der Waals surface area contributed by atoms with E-state index in [2.05, 4.69) is 31.2 Å². The minimum Gasteiger partial charge on any atom is -0.459 e. The second-order valence-electron chi connectivity index (χ2n) is 7.92. The SMILES string of the molecule is Cc1ccc(C/C=C/C(=O)OC2C3CC4CC(C3)CC2C4)cc1. The van der Waals surface area contributed by atoms with E-state index in [4.69, 9.17) is 4.74 Å². The number of carbonyl (C=O) groups excluding carboxylic acids is 1. The minimum atomic E-state index is -0.144. The van der Waals surface area contributed by atoms with Gasteiger partial charge in [-0.1, -0.05) is 35.9 Å². The molecular formula is C21H26O2. The highest BCUT2D eigenvalue weighted by atomic mass is 16.5. The Bertz CT molecular complexity index is 571. The highest BCUT2D eigenvalue weighted by molar-refractivity contribution is 5.82. The number of carbonyl (C=O) groups is 1. The summed E-state index contributed by atoms with van der Waals surface area (Å²) < 4.78 is 5.86. The Morgan fingerprint density at radius 2 is 1.65 bits per heavy atom. The van der Waals surface area contributed by atoms with Gasteiger partial charge in [-0.2, -0.15) is 0 Å². The van der Waals surface area contributed by atoms with Crippen molar-refractivity contribution >= 4 is 5.97 Å². The quantitative estimate of drug-likeness (QED) is 0.606. The maximum atomic E-state index is 12.2. The van der Waals surface area contributed by atoms with Crippen molar-refractivity contribution in [1.29, 1.82) is 0 Å². The van der Waals surface area contributed by atoms with E-state index >= 15 is 0 Å². The van der Waals surface area contributed by atoms with Gasteiger partial charge in [0.25, 0.3) is 0 Å². The Morgan fingerprint density at radius 1 is 1.04 bits per heavy atom. The van der Waals surface area contributed by atoms with Crippen molar-refractivity contribution in [2.45, 2.75) is 51.6 Å². The highest BCUT2D eigenvalue weighted by Gasteiger charge is 2.49. The molecule has 1 aromatic carbocycles. The van der Waals surface area contributed by atoms with Crippen LogP contribution in [0.15, 0.2) is 36.4 Å². The van der Waals surface area contributed by atoms with Crippen LogP contribution in [0.5, 0.6) is 0 Å². The summed E-state index contributed by atoms with van der Waals surface area (Å²) in [6, 6.07) is 8.44. The summed E-state index contributed by atoms with van der Waals surface area (Å²) in [6.07, 6.45) is 11.1. The van der Waals surface area contributed by atoms with Crippen molar-refractivity contribution in [3.63, 3.8) is 0 Å². The minimum absolute atomic E-state index is 0.144. The molecule has 4 fully saturated rings. The first-order valence-electron chi connectivity index (χ1n) is 9.10. The third-order valence-electron chi connectivity index (χ3n) is 6.12. The van der Waals surface area contributed by atoms with Crippen LogP contribution in [-0.2, 0) is 16.0 Å². The molecule has 1 aromatic rings. The van der Waals surface area contributed by atoms with Crippen molar-refractivity contribution in [2.24, 2.45) is 23.7 Å². The van der Waals surface area contributed by atoms with Gasteiger partial charge in [-0.05, 0) is 74.7 Å². The van der Waals surface area contributed by atoms with Crippen molar-refractivity contribution in [2.75, 3.05) is 0 Å². The van der Waals surface area contributed by atoms with Gasteiger partial charge in [0, 0.05) is 6.08 Å². The molecular weight excluding hydrogens is 284 g/mol. The zero-order chi connectivity index (χ0) is 15.8. The highest BCUT2D eigenvalue weighted by Crippen LogP contribution is 2.54. The van der Waals surface area contributed by atoms with E-state index in [0.29, 0.717) is 11.8 Å². The first-order chi connectivity index (χ1) is 11.2. The van der Waals surface area contributed by atoms with E-state index < -0.39 is 0 Å². The van der Waals surface area contributed by atoms with E-state index in [1.807, 2.05) is 6.08 Å². The van der Waals surface area contributed by atoms with Crippen LogP contribution in [-0.4, -0.2) is 12.1 Å². The van der Waals surface area contributed by atoms with Crippen LogP contribution in [0.3, 0.4) is 0 Å². The molecule has 122 valence electrons. The summed E-state index contributed by atoms with van der Waals surface area (Å²) in [5, 5.41) is 0. The van der Waals surface area contributed by atoms with Gasteiger partial charge in [0.05, 0.1) is 0 Å². The number of esters is 1. The van der Waals surface area contributed by atoms with Crippen LogP contribution in [0, 0.1) is 30.6 Å². The normalized spacial score (nSPS) is 34.9. The van der Waals surface area contributed by atoms with Gasteiger partial charge < -0.3 is 4.74 Å². The topological polar surface area (TPSA) is 26.3 Å². The molecule has 2 nitrogen and oxygen atoms in total. The number of aryl methyl sites for hydroxylation is 1. The number of hydrogen-bond acceptors (Lipinski definition) is 2. The van der Waals surface area contributed by atoms with E-state index in [-0.39, 0.29) is 12.1 Å². The average molecular weight is 310 g/mol. The molecule has 0 atom stereocenters. The third kappa shape index (κ3) is 3.22. The van der Waals surface area contributed by atoms with Crippen LogP contribution in [0.25, 0.3) is 0 Å². The molecule has 23 heavy (non-hydrogen) atoms. The molecule has 0 amide bonds. The Hall–Kier alpha value is -1.57. The largest absolute Gasteiger partial charge is 0.459 e. The van der Waals surface area contributed by atoms with E-state index in [0.717, 1.165) is 18.3 Å². The number of ether oxygens (including phenoxy) is 1. The third-order valence-corrected chi connectivity index (χ3v) is 6.12. The molecule has 0 unspecified atom stereocenters. The number of hydrogen-bond donors (Lipinski definition) is 0. The summed E-state index contributed by atoms with van der Waals surface area (Å²) in [4.78, 5) is 12.2. The first-order valence-corrected chi connectivity index (χ1v) is 9.10. The number of allylic oxidation sites excluding steroid dienone is 1. The fourth-order valence-electron chi connectivity index (χ4n) is 5.26. The smallest absolute Gasteiger partial charge is 0.330 e. The fourth-order valence-corrected chi connectivity index (χ4v) is 5.26. The maximum absolute atomic E-state index is 12.2. The summed E-state index contributed by atoms with van der Waals surface area (Å²) in [7, 11) is 0. The fraction of sp³-hybridized carbons (Fsp3) is 0.571. The summed E-state index contributed by atoms with van der Waals surface area (Å²) in [5.41, 5.74) is 2.49. The lowest BCUT2D eigenvalue weighted by atomic mass is 9.55. The van der Waals surface area contributed by atoms with Gasteiger partial charge in [0.1, 0.15) is 6.10 Å². The van der Waals surface area contributed by atoms with Gasteiger partial charge in [-0.15, -0.1) is 0 Å². The van der Waals surface area contributed by atoms with Gasteiger partial charge in [-0.25, -0.2) is 4.79 Å². The monoisotopic (exact) mass is 310 g/mol. The lowest BCUT2D eigenvalue weighted by Gasteiger charge is -2.53. The molecule has 0 heterocycles. The molecule has 2 heteroatoms. The molecule has 4 bridgehead atoms. The molecule has 4 aliphatic carbocycles. The maximum Gasteiger partial charge on any atom is 0.330 e. The van der Waals surface area contributed by atoms with E-state index in [1.54, 1.807) is 6.08 Å². The van der Waals surface area contributed by atoms with Crippen LogP contribution in [0.4, 0.5) is 0 Å². The van der Waals surface area contributed by atoms with E-state index in [1.165, 1.54) is 43.2 Å². The second kappa shape index (κ2) is 6.14. The van der Waals surface area contributed by atoms with Crippen molar-refractivity contribution in [1.82, 2.24) is 0 Å². The lowest BCUT2D eigenvalue weighted by molar-refractivity contribution is -0.165. The number of benzene rings is 1. The molecule has 0 radical (unpaired) electrons. The van der Waals surface area contributed by atoms with Gasteiger partial charge in [-0.3, -0.25) is 0 Å². The van der Waals surface area contributed by atoms with Gasteiger partial charge >= 0.3 is 5.97 Å². The van der Waals surface area contributed by atoms with Crippen molar-refractivity contribution in [3.8, 4) is 0 Å². The molecule has 4 aliphatic rings. The Kier molecular flexibility index (Phi) is 4.00. The first kappa shape index (κ1) is 15.0. The van der Waals surface area contributed by atoms with Crippen LogP contribution in [0.2, 0.25) is 0 Å². The molecule has 0 saturated heterocycles. The average Bonchev–Trinajstić information content (AvgIpc) is 2.52. The zero-order valence-electron chi connectivity index (χ0n) is 13.9. The second-order valence-corrected chi connectivity index (χ2v) is 7.92. The number of rotatable bonds is 4. The molecule has 0 aromatic heterocycles. The molecule has 0 aliphatic heterocycles. The molecule has 0 N–H and O–H groups in total. The predicted molar refractivity (Wildman–Crippen MR) is 90.9 cm³/mol. The standard InChI is InChI=1S/C21H26O2/c1-14-5-7-15(8-6-14)3-2-4-20(22)23-21-18-10-16-9-17(12-18)13-19(21)11-16/h2,4-8,16-19,21H,3,9-13H2,1H3/b4-2+. The predicted octanol–water partition coefficient (Wildman–Crippen LogP) is 4.46.